The highest BCUT2D eigenvalue weighted by Crippen LogP contribution is 2.31. The molecule has 2 aromatic rings. The van der Waals surface area contributed by atoms with E-state index >= 15 is 0 Å². The van der Waals surface area contributed by atoms with Crippen molar-refractivity contribution in [2.45, 2.75) is 6.04 Å². The van der Waals surface area contributed by atoms with Crippen LogP contribution in [0.15, 0.2) is 18.2 Å². The van der Waals surface area contributed by atoms with Gasteiger partial charge >= 0.3 is 0 Å². The van der Waals surface area contributed by atoms with E-state index in [2.05, 4.69) is 10.3 Å². The number of hydrogen-bond acceptors (Lipinski definition) is 4. The summed E-state index contributed by atoms with van der Waals surface area (Å²) in [6.07, 6.45) is 0. The molecule has 1 aliphatic heterocycles. The number of nitrogens with zero attached hydrogens (tertiary/aromatic N) is 1. The van der Waals surface area contributed by atoms with Gasteiger partial charge in [-0.25, -0.2) is 4.98 Å². The normalized spacial score (nSPS) is 21.4. The molecule has 0 aliphatic carbocycles. The Labute approximate surface area is 107 Å². The second kappa shape index (κ2) is 4.53. The molecule has 1 aromatic heterocycles. The zero-order chi connectivity index (χ0) is 11.0. The monoisotopic (exact) mass is 270 g/mol. The first-order chi connectivity index (χ1) is 7.83. The maximum atomic E-state index is 5.97. The molecule has 1 unspecified atom stereocenters. The van der Waals surface area contributed by atoms with Crippen LogP contribution in [-0.4, -0.2) is 23.0 Å². The maximum absolute atomic E-state index is 5.97. The molecule has 0 radical (unpaired) electrons. The van der Waals surface area contributed by atoms with Crippen LogP contribution in [0.2, 0.25) is 5.02 Å². The lowest BCUT2D eigenvalue weighted by molar-refractivity contribution is 0.593. The Balaban J connectivity index is 1.97. The summed E-state index contributed by atoms with van der Waals surface area (Å²) in [6.45, 7) is 1.08. The smallest absolute Gasteiger partial charge is 0.112 e. The van der Waals surface area contributed by atoms with E-state index in [0.29, 0.717) is 6.04 Å². The summed E-state index contributed by atoms with van der Waals surface area (Å²) in [5.41, 5.74) is 1.06. The standard InChI is InChI=1S/C11H11ClN2S2/c12-7-1-2-8-10(5-7)16-11(14-8)9-6-15-4-3-13-9/h1-2,5,9,13H,3-4,6H2. The maximum Gasteiger partial charge on any atom is 0.112 e. The number of thiazole rings is 1. The Morgan fingerprint density at radius 2 is 2.38 bits per heavy atom. The minimum absolute atomic E-state index is 0.412. The van der Waals surface area contributed by atoms with E-state index in [1.54, 1.807) is 11.3 Å². The second-order valence-electron chi connectivity index (χ2n) is 3.75. The number of aromatic nitrogens is 1. The second-order valence-corrected chi connectivity index (χ2v) is 6.39. The molecule has 0 amide bonds. The van der Waals surface area contributed by atoms with Gasteiger partial charge in [-0.3, -0.25) is 0 Å². The first-order valence-corrected chi connectivity index (χ1v) is 7.55. The minimum Gasteiger partial charge on any atom is -0.306 e. The van der Waals surface area contributed by atoms with Crippen molar-refractivity contribution in [2.24, 2.45) is 0 Å². The third-order valence-corrected chi connectivity index (χ3v) is 5.02. The SMILES string of the molecule is Clc1ccc2nc(C3CSCCN3)sc2c1. The number of benzene rings is 1. The van der Waals surface area contributed by atoms with Crippen LogP contribution in [0.4, 0.5) is 0 Å². The summed E-state index contributed by atoms with van der Waals surface area (Å²) in [6, 6.07) is 6.30. The predicted molar refractivity (Wildman–Crippen MR) is 72.7 cm³/mol. The number of hydrogen-bond donors (Lipinski definition) is 1. The molecule has 5 heteroatoms. The largest absolute Gasteiger partial charge is 0.306 e. The van der Waals surface area contributed by atoms with Gasteiger partial charge in [-0.2, -0.15) is 11.8 Å². The van der Waals surface area contributed by atoms with Gasteiger partial charge in [-0.05, 0) is 18.2 Å². The van der Waals surface area contributed by atoms with Crippen molar-refractivity contribution in [3.05, 3.63) is 28.2 Å². The van der Waals surface area contributed by atoms with E-state index in [-0.39, 0.29) is 0 Å². The molecule has 2 nitrogen and oxygen atoms in total. The van der Waals surface area contributed by atoms with Crippen molar-refractivity contribution in [3.63, 3.8) is 0 Å². The third kappa shape index (κ3) is 2.07. The van der Waals surface area contributed by atoms with Crippen LogP contribution in [0.25, 0.3) is 10.2 Å². The number of fused-ring (bicyclic) bond motifs is 1. The summed E-state index contributed by atoms with van der Waals surface area (Å²) in [7, 11) is 0. The van der Waals surface area contributed by atoms with Gasteiger partial charge in [0.2, 0.25) is 0 Å². The fourth-order valence-corrected chi connectivity index (χ4v) is 4.15. The summed E-state index contributed by atoms with van der Waals surface area (Å²) in [4.78, 5) is 4.66. The van der Waals surface area contributed by atoms with Crippen LogP contribution < -0.4 is 5.32 Å². The number of rotatable bonds is 1. The van der Waals surface area contributed by atoms with Crippen molar-refractivity contribution in [3.8, 4) is 0 Å². The number of thioether (sulfide) groups is 1. The molecule has 0 spiro atoms. The van der Waals surface area contributed by atoms with Gasteiger partial charge in [0.15, 0.2) is 0 Å². The zero-order valence-electron chi connectivity index (χ0n) is 8.57. The summed E-state index contributed by atoms with van der Waals surface area (Å²) >= 11 is 9.71. The molecule has 0 bridgehead atoms. The molecule has 1 aliphatic rings. The lowest BCUT2D eigenvalue weighted by Gasteiger charge is -2.20. The van der Waals surface area contributed by atoms with Crippen LogP contribution >= 0.6 is 34.7 Å². The Kier molecular flexibility index (Phi) is 3.07. The van der Waals surface area contributed by atoms with Gasteiger partial charge in [0.1, 0.15) is 5.01 Å². The molecule has 1 saturated heterocycles. The van der Waals surface area contributed by atoms with Crippen LogP contribution in [0.3, 0.4) is 0 Å². The van der Waals surface area contributed by atoms with Crippen LogP contribution in [0.1, 0.15) is 11.0 Å². The fraction of sp³-hybridized carbons (Fsp3) is 0.364. The third-order valence-electron chi connectivity index (χ3n) is 2.59. The lowest BCUT2D eigenvalue weighted by Crippen LogP contribution is -2.30. The molecular weight excluding hydrogens is 260 g/mol. The summed E-state index contributed by atoms with van der Waals surface area (Å²) in [5, 5.41) is 5.48. The predicted octanol–water partition coefficient (Wildman–Crippen LogP) is 3.33. The van der Waals surface area contributed by atoms with Gasteiger partial charge in [0, 0.05) is 23.1 Å². The highest BCUT2D eigenvalue weighted by atomic mass is 35.5. The molecule has 84 valence electrons. The molecule has 1 fully saturated rings. The average molecular weight is 271 g/mol. The average Bonchev–Trinajstić information content (AvgIpc) is 2.73. The zero-order valence-corrected chi connectivity index (χ0v) is 11.0. The molecule has 1 N–H and O–H groups in total. The van der Waals surface area contributed by atoms with E-state index in [1.165, 1.54) is 15.5 Å². The van der Waals surface area contributed by atoms with Gasteiger partial charge in [0.25, 0.3) is 0 Å². The Morgan fingerprint density at radius 3 is 3.19 bits per heavy atom. The Morgan fingerprint density at radius 1 is 1.44 bits per heavy atom. The molecule has 16 heavy (non-hydrogen) atoms. The van der Waals surface area contributed by atoms with Crippen LogP contribution in [-0.2, 0) is 0 Å². The summed E-state index contributed by atoms with van der Waals surface area (Å²) in [5.74, 6) is 2.32. The van der Waals surface area contributed by atoms with Gasteiger partial charge < -0.3 is 5.32 Å². The first kappa shape index (κ1) is 10.8. The van der Waals surface area contributed by atoms with E-state index in [1.807, 2.05) is 30.0 Å². The van der Waals surface area contributed by atoms with Gasteiger partial charge in [0.05, 0.1) is 16.3 Å². The summed E-state index contributed by atoms with van der Waals surface area (Å²) < 4.78 is 1.18. The molecule has 1 atom stereocenters. The molecule has 1 aromatic carbocycles. The van der Waals surface area contributed by atoms with Crippen LogP contribution in [0.5, 0.6) is 0 Å². The lowest BCUT2D eigenvalue weighted by atomic mass is 10.3. The topological polar surface area (TPSA) is 24.9 Å². The Hall–Kier alpha value is -0.290. The van der Waals surface area contributed by atoms with Crippen molar-refractivity contribution in [1.82, 2.24) is 10.3 Å². The minimum atomic E-state index is 0.412. The first-order valence-electron chi connectivity index (χ1n) is 5.20. The molecule has 0 saturated carbocycles. The fourth-order valence-electron chi connectivity index (χ4n) is 1.79. The highest BCUT2D eigenvalue weighted by Gasteiger charge is 2.18. The van der Waals surface area contributed by atoms with Crippen molar-refractivity contribution < 1.29 is 0 Å². The number of halogens is 1. The van der Waals surface area contributed by atoms with E-state index < -0.39 is 0 Å². The molecular formula is C11H11ClN2S2. The van der Waals surface area contributed by atoms with E-state index in [9.17, 15) is 0 Å². The molecule has 2 heterocycles. The number of nitrogens with one attached hydrogen (secondary N) is 1. The van der Waals surface area contributed by atoms with E-state index in [0.717, 1.165) is 22.8 Å². The molecule has 3 rings (SSSR count). The van der Waals surface area contributed by atoms with Gasteiger partial charge in [-0.1, -0.05) is 11.6 Å². The highest BCUT2D eigenvalue weighted by molar-refractivity contribution is 7.99. The Bertz CT molecular complexity index is 506. The van der Waals surface area contributed by atoms with Crippen LogP contribution in [0, 0.1) is 0 Å². The van der Waals surface area contributed by atoms with Crippen molar-refractivity contribution >= 4 is 44.9 Å². The van der Waals surface area contributed by atoms with Gasteiger partial charge in [-0.15, -0.1) is 11.3 Å². The van der Waals surface area contributed by atoms with Crippen molar-refractivity contribution in [1.29, 1.82) is 0 Å². The van der Waals surface area contributed by atoms with E-state index in [4.69, 9.17) is 11.6 Å². The quantitative estimate of drug-likeness (QED) is 0.860. The van der Waals surface area contributed by atoms with Crippen molar-refractivity contribution in [2.75, 3.05) is 18.1 Å².